The molecule has 0 atom stereocenters. The van der Waals surface area contributed by atoms with Gasteiger partial charge in [0.25, 0.3) is 0 Å². The average Bonchev–Trinajstić information content (AvgIpc) is 2.17. The lowest BCUT2D eigenvalue weighted by molar-refractivity contribution is 0.0601. The van der Waals surface area contributed by atoms with Crippen LogP contribution in [0, 0.1) is 0 Å². The van der Waals surface area contributed by atoms with Crippen molar-refractivity contribution in [2.75, 3.05) is 11.8 Å². The molecule has 1 aromatic carbocycles. The second-order valence-electron chi connectivity index (χ2n) is 2.30. The van der Waals surface area contributed by atoms with E-state index in [0.717, 1.165) is 0 Å². The summed E-state index contributed by atoms with van der Waals surface area (Å²) in [7, 11) is 1.31. The summed E-state index contributed by atoms with van der Waals surface area (Å²) in [6.45, 7) is 0. The highest BCUT2D eigenvalue weighted by molar-refractivity contribution is 7.81. The van der Waals surface area contributed by atoms with Crippen LogP contribution in [0.4, 0.5) is 5.69 Å². The molecule has 0 spiro atoms. The Hall–Kier alpha value is -0.870. The van der Waals surface area contributed by atoms with Crippen molar-refractivity contribution < 1.29 is 9.53 Å². The molecule has 0 saturated heterocycles. The first-order chi connectivity index (χ1) is 6.19. The molecule has 0 saturated carbocycles. The van der Waals surface area contributed by atoms with E-state index in [0.29, 0.717) is 16.3 Å². The number of thiol groups is 1. The third-order valence-electron chi connectivity index (χ3n) is 1.50. The van der Waals surface area contributed by atoms with Gasteiger partial charge in [0, 0.05) is 5.69 Å². The molecule has 0 aliphatic carbocycles. The maximum Gasteiger partial charge on any atom is 0.339 e. The van der Waals surface area contributed by atoms with E-state index in [1.165, 1.54) is 7.11 Å². The topological polar surface area (TPSA) is 38.3 Å². The quantitative estimate of drug-likeness (QED) is 0.590. The van der Waals surface area contributed by atoms with Crippen LogP contribution >= 0.6 is 24.4 Å². The Balaban J connectivity index is 3.11. The molecule has 1 rings (SSSR count). The van der Waals surface area contributed by atoms with Gasteiger partial charge >= 0.3 is 5.97 Å². The van der Waals surface area contributed by atoms with Crippen LogP contribution in [0.15, 0.2) is 18.2 Å². The van der Waals surface area contributed by atoms with E-state index in [4.69, 9.17) is 11.6 Å². The monoisotopic (exact) mass is 217 g/mol. The number of hydrogen-bond acceptors (Lipinski definition) is 4. The van der Waals surface area contributed by atoms with Crippen LogP contribution in [0.25, 0.3) is 0 Å². The smallest absolute Gasteiger partial charge is 0.339 e. The Labute approximate surface area is 86.6 Å². The number of rotatable bonds is 2. The van der Waals surface area contributed by atoms with Gasteiger partial charge in [0.05, 0.1) is 17.7 Å². The second kappa shape index (κ2) is 4.39. The number of halogens is 1. The molecule has 0 heterocycles. The third kappa shape index (κ3) is 2.29. The predicted octanol–water partition coefficient (Wildman–Crippen LogP) is 2.38. The molecule has 0 amide bonds. The van der Waals surface area contributed by atoms with Crippen molar-refractivity contribution in [3.63, 3.8) is 0 Å². The van der Waals surface area contributed by atoms with Crippen molar-refractivity contribution in [3.8, 4) is 0 Å². The van der Waals surface area contributed by atoms with Crippen LogP contribution in [-0.4, -0.2) is 13.1 Å². The summed E-state index contributed by atoms with van der Waals surface area (Å²) in [5, 5.41) is 0.360. The van der Waals surface area contributed by atoms with Crippen molar-refractivity contribution in [1.82, 2.24) is 0 Å². The summed E-state index contributed by atoms with van der Waals surface area (Å²) in [5.41, 5.74) is 1.01. The van der Waals surface area contributed by atoms with E-state index in [1.807, 2.05) is 0 Å². The summed E-state index contributed by atoms with van der Waals surface area (Å²) in [6, 6.07) is 4.88. The molecule has 0 aliphatic rings. The van der Waals surface area contributed by atoms with Gasteiger partial charge in [-0.3, -0.25) is 0 Å². The van der Waals surface area contributed by atoms with Gasteiger partial charge in [0.1, 0.15) is 0 Å². The molecule has 0 aromatic heterocycles. The lowest BCUT2D eigenvalue weighted by atomic mass is 10.2. The number of benzene rings is 1. The van der Waals surface area contributed by atoms with Crippen molar-refractivity contribution in [1.29, 1.82) is 0 Å². The highest BCUT2D eigenvalue weighted by atomic mass is 35.5. The minimum atomic E-state index is -0.463. The molecule has 1 N–H and O–H groups in total. The van der Waals surface area contributed by atoms with Gasteiger partial charge in [0.2, 0.25) is 0 Å². The molecule has 1 aromatic rings. The fourth-order valence-electron chi connectivity index (χ4n) is 0.861. The van der Waals surface area contributed by atoms with Gasteiger partial charge < -0.3 is 9.46 Å². The van der Waals surface area contributed by atoms with Crippen LogP contribution < -0.4 is 4.72 Å². The van der Waals surface area contributed by atoms with E-state index >= 15 is 0 Å². The number of carbonyl (C=O) groups excluding carboxylic acids is 1. The zero-order chi connectivity index (χ0) is 9.84. The zero-order valence-corrected chi connectivity index (χ0v) is 8.52. The van der Waals surface area contributed by atoms with Crippen LogP contribution in [0.3, 0.4) is 0 Å². The maximum atomic E-state index is 11.1. The van der Waals surface area contributed by atoms with Crippen LogP contribution in [-0.2, 0) is 4.74 Å². The van der Waals surface area contributed by atoms with Crippen LogP contribution in [0.1, 0.15) is 10.4 Å². The van der Waals surface area contributed by atoms with Gasteiger partial charge in [-0.05, 0) is 18.2 Å². The SMILES string of the molecule is COC(=O)c1cc(NS)ccc1Cl. The van der Waals surface area contributed by atoms with E-state index in [-0.39, 0.29) is 0 Å². The number of carbonyl (C=O) groups is 1. The molecule has 13 heavy (non-hydrogen) atoms. The van der Waals surface area contributed by atoms with Gasteiger partial charge in [-0.2, -0.15) is 0 Å². The maximum absolute atomic E-state index is 11.1. The van der Waals surface area contributed by atoms with Crippen LogP contribution in [0.5, 0.6) is 0 Å². The summed E-state index contributed by atoms with van der Waals surface area (Å²) >= 11 is 9.62. The fraction of sp³-hybridized carbons (Fsp3) is 0.125. The zero-order valence-electron chi connectivity index (χ0n) is 6.87. The first kappa shape index (κ1) is 10.2. The van der Waals surface area contributed by atoms with E-state index in [1.54, 1.807) is 18.2 Å². The third-order valence-corrected chi connectivity index (χ3v) is 2.09. The molecular weight excluding hydrogens is 210 g/mol. The summed E-state index contributed by atoms with van der Waals surface area (Å²) in [5.74, 6) is -0.463. The first-order valence-electron chi connectivity index (χ1n) is 3.47. The fourth-order valence-corrected chi connectivity index (χ4v) is 1.19. The Kier molecular flexibility index (Phi) is 3.45. The Morgan fingerprint density at radius 1 is 1.62 bits per heavy atom. The first-order valence-corrected chi connectivity index (χ1v) is 4.29. The molecule has 0 aliphatic heterocycles. The number of methoxy groups -OCH3 is 1. The number of hydrogen-bond donors (Lipinski definition) is 2. The molecule has 0 unspecified atom stereocenters. The molecule has 0 bridgehead atoms. The molecule has 5 heteroatoms. The largest absolute Gasteiger partial charge is 0.465 e. The molecular formula is C8H8ClNO2S. The molecule has 3 nitrogen and oxygen atoms in total. The van der Waals surface area contributed by atoms with E-state index in [2.05, 4.69) is 22.3 Å². The van der Waals surface area contributed by atoms with Crippen molar-refractivity contribution in [3.05, 3.63) is 28.8 Å². The number of nitrogens with one attached hydrogen (secondary N) is 1. The highest BCUT2D eigenvalue weighted by Gasteiger charge is 2.10. The lowest BCUT2D eigenvalue weighted by Gasteiger charge is -2.04. The summed E-state index contributed by atoms with van der Waals surface area (Å²) in [6.07, 6.45) is 0. The Morgan fingerprint density at radius 3 is 2.85 bits per heavy atom. The molecule has 0 radical (unpaired) electrons. The molecule has 70 valence electrons. The lowest BCUT2D eigenvalue weighted by Crippen LogP contribution is -2.02. The van der Waals surface area contributed by atoms with Crippen molar-refractivity contribution in [2.24, 2.45) is 0 Å². The minimum Gasteiger partial charge on any atom is -0.465 e. The standard InChI is InChI=1S/C8H8ClNO2S/c1-12-8(11)6-4-5(10-13)2-3-7(6)9/h2-4,10,13H,1H3. The van der Waals surface area contributed by atoms with Gasteiger partial charge in [-0.15, -0.1) is 0 Å². The second-order valence-corrected chi connectivity index (χ2v) is 2.93. The van der Waals surface area contributed by atoms with Crippen molar-refractivity contribution in [2.45, 2.75) is 0 Å². The predicted molar refractivity (Wildman–Crippen MR) is 55.4 cm³/mol. The average molecular weight is 218 g/mol. The summed E-state index contributed by atoms with van der Waals surface area (Å²) < 4.78 is 7.14. The normalized spacial score (nSPS) is 9.46. The minimum absolute atomic E-state index is 0.322. The van der Waals surface area contributed by atoms with Gasteiger partial charge in [-0.25, -0.2) is 4.79 Å². The Bertz CT molecular complexity index is 330. The number of ether oxygens (including phenoxy) is 1. The van der Waals surface area contributed by atoms with Crippen molar-refractivity contribution >= 4 is 36.1 Å². The highest BCUT2D eigenvalue weighted by Crippen LogP contribution is 2.21. The number of esters is 1. The Morgan fingerprint density at radius 2 is 2.31 bits per heavy atom. The summed E-state index contributed by atoms with van der Waals surface area (Å²) in [4.78, 5) is 11.1. The van der Waals surface area contributed by atoms with Gasteiger partial charge in [0.15, 0.2) is 0 Å². The number of anilines is 1. The van der Waals surface area contributed by atoms with Crippen LogP contribution in [0.2, 0.25) is 5.02 Å². The van der Waals surface area contributed by atoms with E-state index < -0.39 is 5.97 Å². The molecule has 0 fully saturated rings. The van der Waals surface area contributed by atoms with E-state index in [9.17, 15) is 4.79 Å². The van der Waals surface area contributed by atoms with Gasteiger partial charge in [-0.1, -0.05) is 24.4 Å².